The van der Waals surface area contributed by atoms with Gasteiger partial charge in [0.05, 0.1) is 12.2 Å². The van der Waals surface area contributed by atoms with E-state index in [1.54, 1.807) is 0 Å². The van der Waals surface area contributed by atoms with Gasteiger partial charge in [0.15, 0.2) is 0 Å². The Morgan fingerprint density at radius 2 is 2.00 bits per heavy atom. The fraction of sp³-hybridized carbons (Fsp3) is 1.00. The molecule has 1 nitrogen and oxygen atoms in total. The molecule has 0 aromatic carbocycles. The van der Waals surface area contributed by atoms with Crippen molar-refractivity contribution in [3.63, 3.8) is 0 Å². The first-order valence-corrected chi connectivity index (χ1v) is 4.93. The van der Waals surface area contributed by atoms with Crippen LogP contribution in [0.2, 0.25) is 0 Å². The zero-order valence-electron chi connectivity index (χ0n) is 7.97. The zero-order chi connectivity index (χ0) is 8.27. The van der Waals surface area contributed by atoms with Crippen LogP contribution in [0.5, 0.6) is 0 Å². The third kappa shape index (κ3) is 2.82. The van der Waals surface area contributed by atoms with Crippen LogP contribution in [0.4, 0.5) is 0 Å². The fourth-order valence-corrected chi connectivity index (χ4v) is 1.70. The Bertz CT molecular complexity index is 111. The summed E-state index contributed by atoms with van der Waals surface area (Å²) in [7, 11) is 0. The molecule has 66 valence electrons. The van der Waals surface area contributed by atoms with Crippen LogP contribution in [0.3, 0.4) is 0 Å². The lowest BCUT2D eigenvalue weighted by Crippen LogP contribution is -2.03. The largest absolute Gasteiger partial charge is 0.370 e. The third-order valence-corrected chi connectivity index (χ3v) is 2.68. The summed E-state index contributed by atoms with van der Waals surface area (Å²) in [6, 6.07) is 0. The highest BCUT2D eigenvalue weighted by Gasteiger charge is 2.35. The van der Waals surface area contributed by atoms with Gasteiger partial charge in [-0.25, -0.2) is 0 Å². The molecule has 11 heavy (non-hydrogen) atoms. The highest BCUT2D eigenvalue weighted by atomic mass is 16.6. The Morgan fingerprint density at radius 3 is 2.36 bits per heavy atom. The average molecular weight is 156 g/mol. The first-order chi connectivity index (χ1) is 5.27. The average Bonchev–Trinajstić information content (AvgIpc) is 2.66. The topological polar surface area (TPSA) is 12.5 Å². The van der Waals surface area contributed by atoms with Crippen molar-refractivity contribution in [2.24, 2.45) is 5.92 Å². The Labute approximate surface area is 70.1 Å². The number of hydrogen-bond donors (Lipinski definition) is 0. The number of ether oxygens (including phenoxy) is 1. The van der Waals surface area contributed by atoms with Crippen LogP contribution in [0.1, 0.15) is 46.5 Å². The Kier molecular flexibility index (Phi) is 3.38. The summed E-state index contributed by atoms with van der Waals surface area (Å²) in [6.45, 7) is 6.72. The summed E-state index contributed by atoms with van der Waals surface area (Å²) in [5, 5.41) is 0. The second-order valence-corrected chi connectivity index (χ2v) is 3.68. The van der Waals surface area contributed by atoms with Crippen molar-refractivity contribution in [2.45, 2.75) is 58.7 Å². The molecule has 0 aromatic heterocycles. The molecule has 0 saturated carbocycles. The van der Waals surface area contributed by atoms with Crippen LogP contribution in [0.15, 0.2) is 0 Å². The summed E-state index contributed by atoms with van der Waals surface area (Å²) in [4.78, 5) is 0. The van der Waals surface area contributed by atoms with Crippen LogP contribution in [-0.2, 0) is 4.74 Å². The van der Waals surface area contributed by atoms with Crippen molar-refractivity contribution in [1.29, 1.82) is 0 Å². The maximum Gasteiger partial charge on any atom is 0.0841 e. The van der Waals surface area contributed by atoms with Crippen molar-refractivity contribution in [3.05, 3.63) is 0 Å². The highest BCUT2D eigenvalue weighted by molar-refractivity contribution is 4.82. The molecule has 1 heteroatoms. The molecule has 0 aromatic rings. The van der Waals surface area contributed by atoms with Gasteiger partial charge in [0, 0.05) is 0 Å². The summed E-state index contributed by atoms with van der Waals surface area (Å²) < 4.78 is 5.40. The molecule has 0 spiro atoms. The normalized spacial score (nSPS) is 31.9. The predicted molar refractivity (Wildman–Crippen MR) is 47.6 cm³/mol. The quantitative estimate of drug-likeness (QED) is 0.557. The van der Waals surface area contributed by atoms with Crippen LogP contribution < -0.4 is 0 Å². The molecule has 1 heterocycles. The molecule has 1 rings (SSSR count). The monoisotopic (exact) mass is 156 g/mol. The summed E-state index contributed by atoms with van der Waals surface area (Å²) in [5.74, 6) is 0.912. The first-order valence-electron chi connectivity index (χ1n) is 4.93. The van der Waals surface area contributed by atoms with Gasteiger partial charge in [-0.05, 0) is 19.3 Å². The third-order valence-electron chi connectivity index (χ3n) is 2.68. The second-order valence-electron chi connectivity index (χ2n) is 3.68. The van der Waals surface area contributed by atoms with Crippen molar-refractivity contribution >= 4 is 0 Å². The van der Waals surface area contributed by atoms with E-state index in [-0.39, 0.29) is 0 Å². The van der Waals surface area contributed by atoms with Gasteiger partial charge >= 0.3 is 0 Å². The molecule has 3 atom stereocenters. The van der Waals surface area contributed by atoms with Crippen molar-refractivity contribution in [1.82, 2.24) is 0 Å². The SMILES string of the molecule is CCCC(CC)CC1OC1C. The molecule has 0 radical (unpaired) electrons. The van der Waals surface area contributed by atoms with Crippen molar-refractivity contribution < 1.29 is 4.74 Å². The van der Waals surface area contributed by atoms with E-state index in [0.29, 0.717) is 12.2 Å². The standard InChI is InChI=1S/C10H20O/c1-4-6-9(5-2)7-10-8(3)11-10/h8-10H,4-7H2,1-3H3. The lowest BCUT2D eigenvalue weighted by Gasteiger charge is -2.10. The second kappa shape index (κ2) is 4.10. The molecule has 0 amide bonds. The van der Waals surface area contributed by atoms with Gasteiger partial charge in [-0.1, -0.05) is 33.1 Å². The van der Waals surface area contributed by atoms with E-state index >= 15 is 0 Å². The molecule has 0 bridgehead atoms. The molecule has 1 saturated heterocycles. The van der Waals surface area contributed by atoms with Gasteiger partial charge in [0.1, 0.15) is 0 Å². The van der Waals surface area contributed by atoms with E-state index in [0.717, 1.165) is 5.92 Å². The maximum atomic E-state index is 5.40. The van der Waals surface area contributed by atoms with Crippen LogP contribution >= 0.6 is 0 Å². The minimum Gasteiger partial charge on any atom is -0.370 e. The van der Waals surface area contributed by atoms with E-state index in [4.69, 9.17) is 4.74 Å². The predicted octanol–water partition coefficient (Wildman–Crippen LogP) is 2.99. The van der Waals surface area contributed by atoms with Gasteiger partial charge in [0.25, 0.3) is 0 Å². The van der Waals surface area contributed by atoms with Crippen LogP contribution in [0.25, 0.3) is 0 Å². The van der Waals surface area contributed by atoms with E-state index in [2.05, 4.69) is 20.8 Å². The molecule has 3 unspecified atom stereocenters. The first kappa shape index (κ1) is 9.05. The van der Waals surface area contributed by atoms with Gasteiger partial charge < -0.3 is 4.74 Å². The fourth-order valence-electron chi connectivity index (χ4n) is 1.70. The van der Waals surface area contributed by atoms with Gasteiger partial charge in [0.2, 0.25) is 0 Å². The molecular weight excluding hydrogens is 136 g/mol. The summed E-state index contributed by atoms with van der Waals surface area (Å²) in [5.41, 5.74) is 0. The molecule has 1 aliphatic rings. The highest BCUT2D eigenvalue weighted by Crippen LogP contribution is 2.30. The number of rotatable bonds is 5. The van der Waals surface area contributed by atoms with E-state index < -0.39 is 0 Å². The lowest BCUT2D eigenvalue weighted by molar-refractivity contribution is 0.325. The van der Waals surface area contributed by atoms with Gasteiger partial charge in [-0.2, -0.15) is 0 Å². The van der Waals surface area contributed by atoms with E-state index in [9.17, 15) is 0 Å². The summed E-state index contributed by atoms with van der Waals surface area (Å²) in [6.07, 6.45) is 6.47. The lowest BCUT2D eigenvalue weighted by atomic mass is 9.95. The van der Waals surface area contributed by atoms with Crippen molar-refractivity contribution in [3.8, 4) is 0 Å². The van der Waals surface area contributed by atoms with Gasteiger partial charge in [-0.15, -0.1) is 0 Å². The minimum absolute atomic E-state index is 0.556. The van der Waals surface area contributed by atoms with Gasteiger partial charge in [-0.3, -0.25) is 0 Å². The smallest absolute Gasteiger partial charge is 0.0841 e. The molecule has 0 aliphatic carbocycles. The molecule has 1 aliphatic heterocycles. The Morgan fingerprint density at radius 1 is 1.36 bits per heavy atom. The minimum atomic E-state index is 0.556. The number of hydrogen-bond acceptors (Lipinski definition) is 1. The Balaban J connectivity index is 2.10. The maximum absolute atomic E-state index is 5.40. The van der Waals surface area contributed by atoms with Crippen LogP contribution in [-0.4, -0.2) is 12.2 Å². The zero-order valence-corrected chi connectivity index (χ0v) is 7.97. The van der Waals surface area contributed by atoms with Crippen LogP contribution in [0, 0.1) is 5.92 Å². The number of epoxide rings is 1. The van der Waals surface area contributed by atoms with E-state index in [1.165, 1.54) is 25.7 Å². The summed E-state index contributed by atoms with van der Waals surface area (Å²) >= 11 is 0. The Hall–Kier alpha value is -0.0400. The molecule has 1 fully saturated rings. The van der Waals surface area contributed by atoms with E-state index in [1.807, 2.05) is 0 Å². The van der Waals surface area contributed by atoms with Crippen molar-refractivity contribution in [2.75, 3.05) is 0 Å². The molecular formula is C10H20O. The molecule has 0 N–H and O–H groups in total.